The molecule has 5 rings (SSSR count). The van der Waals surface area contributed by atoms with Crippen molar-refractivity contribution in [3.8, 4) is 0 Å². The zero-order valence-corrected chi connectivity index (χ0v) is 20.5. The Morgan fingerprint density at radius 2 is 1.85 bits per heavy atom. The topological polar surface area (TPSA) is 85.3 Å². The molecule has 3 aliphatic rings. The standard InChI is InChI=1S/C25H31N5O3S/c1-3-28-13-15-29(16-14-28)19-10-11-21(18(2)17-19)26-25(31)22-8-6-12-30(22)24-20-7-4-5-9-23(20)34(32,33)27-24/h4-5,7,9-11,17,22H,3,6,8,12-16H2,1-2H3,(H,26,31)/t22-/m0/s1. The van der Waals surface area contributed by atoms with Gasteiger partial charge in [-0.1, -0.05) is 19.1 Å². The molecule has 0 unspecified atom stereocenters. The van der Waals surface area contributed by atoms with E-state index in [1.54, 1.807) is 24.3 Å². The Morgan fingerprint density at radius 3 is 2.59 bits per heavy atom. The van der Waals surface area contributed by atoms with Crippen LogP contribution in [0.4, 0.5) is 11.4 Å². The third-order valence-corrected chi connectivity index (χ3v) is 8.42. The minimum absolute atomic E-state index is 0.130. The maximum absolute atomic E-state index is 13.3. The smallest absolute Gasteiger partial charge is 0.285 e. The van der Waals surface area contributed by atoms with Crippen LogP contribution in [0.3, 0.4) is 0 Å². The molecular formula is C25H31N5O3S. The second kappa shape index (κ2) is 9.03. The predicted octanol–water partition coefficient (Wildman–Crippen LogP) is 2.69. The molecule has 2 saturated heterocycles. The van der Waals surface area contributed by atoms with Crippen LogP contribution in [0.25, 0.3) is 0 Å². The predicted molar refractivity (Wildman–Crippen MR) is 134 cm³/mol. The van der Waals surface area contributed by atoms with Gasteiger partial charge in [-0.15, -0.1) is 4.40 Å². The van der Waals surface area contributed by atoms with Crippen molar-refractivity contribution < 1.29 is 13.2 Å². The molecule has 0 aliphatic carbocycles. The molecule has 3 aliphatic heterocycles. The van der Waals surface area contributed by atoms with Gasteiger partial charge in [0.15, 0.2) is 5.84 Å². The molecule has 34 heavy (non-hydrogen) atoms. The summed E-state index contributed by atoms with van der Waals surface area (Å²) in [5, 5.41) is 3.08. The van der Waals surface area contributed by atoms with Crippen LogP contribution in [-0.4, -0.2) is 75.3 Å². The quantitative estimate of drug-likeness (QED) is 0.723. The summed E-state index contributed by atoms with van der Waals surface area (Å²) in [5.74, 6) is 0.251. The number of aryl methyl sites for hydroxylation is 1. The molecule has 8 nitrogen and oxygen atoms in total. The average molecular weight is 482 g/mol. The van der Waals surface area contributed by atoms with Crippen LogP contribution in [0.2, 0.25) is 0 Å². The highest BCUT2D eigenvalue weighted by Crippen LogP contribution is 2.32. The van der Waals surface area contributed by atoms with E-state index in [1.807, 2.05) is 17.9 Å². The Balaban J connectivity index is 1.31. The highest BCUT2D eigenvalue weighted by molar-refractivity contribution is 7.90. The van der Waals surface area contributed by atoms with Crippen LogP contribution in [-0.2, 0) is 14.8 Å². The summed E-state index contributed by atoms with van der Waals surface area (Å²) in [4.78, 5) is 20.2. The van der Waals surface area contributed by atoms with Crippen LogP contribution < -0.4 is 10.2 Å². The molecule has 1 N–H and O–H groups in total. The number of amidine groups is 1. The van der Waals surface area contributed by atoms with Gasteiger partial charge in [-0.2, -0.15) is 8.42 Å². The van der Waals surface area contributed by atoms with Crippen LogP contribution in [0.5, 0.6) is 0 Å². The first kappa shape index (κ1) is 22.9. The summed E-state index contributed by atoms with van der Waals surface area (Å²) in [5.41, 5.74) is 3.55. The van der Waals surface area contributed by atoms with Crippen molar-refractivity contribution in [3.05, 3.63) is 53.6 Å². The molecule has 2 aromatic rings. The van der Waals surface area contributed by atoms with Gasteiger partial charge >= 0.3 is 0 Å². The molecule has 2 fully saturated rings. The molecular weight excluding hydrogens is 450 g/mol. The van der Waals surface area contributed by atoms with Crippen molar-refractivity contribution in [3.63, 3.8) is 0 Å². The number of likely N-dealkylation sites (tertiary alicyclic amines) is 1. The van der Waals surface area contributed by atoms with E-state index in [9.17, 15) is 13.2 Å². The van der Waals surface area contributed by atoms with E-state index in [2.05, 4.69) is 38.6 Å². The number of amides is 1. The fourth-order valence-corrected chi connectivity index (χ4v) is 6.33. The van der Waals surface area contributed by atoms with Gasteiger partial charge in [0.1, 0.15) is 10.9 Å². The lowest BCUT2D eigenvalue weighted by Gasteiger charge is -2.35. The van der Waals surface area contributed by atoms with Gasteiger partial charge in [0, 0.05) is 49.7 Å². The third-order valence-electron chi connectivity index (χ3n) is 7.09. The fourth-order valence-electron chi connectivity index (χ4n) is 5.11. The second-order valence-electron chi connectivity index (χ2n) is 9.15. The van der Waals surface area contributed by atoms with E-state index in [0.29, 0.717) is 24.4 Å². The van der Waals surface area contributed by atoms with Crippen LogP contribution in [0.15, 0.2) is 51.8 Å². The fraction of sp³-hybridized carbons (Fsp3) is 0.440. The second-order valence-corrected chi connectivity index (χ2v) is 10.7. The number of rotatable bonds is 4. The Morgan fingerprint density at radius 1 is 1.09 bits per heavy atom. The third kappa shape index (κ3) is 4.18. The van der Waals surface area contributed by atoms with Crippen molar-refractivity contribution in [2.45, 2.75) is 37.6 Å². The van der Waals surface area contributed by atoms with Crippen molar-refractivity contribution in [2.24, 2.45) is 4.40 Å². The maximum atomic E-state index is 13.3. The lowest BCUT2D eigenvalue weighted by molar-refractivity contribution is -0.119. The lowest BCUT2D eigenvalue weighted by Crippen LogP contribution is -2.46. The van der Waals surface area contributed by atoms with E-state index >= 15 is 0 Å². The van der Waals surface area contributed by atoms with Crippen LogP contribution in [0.1, 0.15) is 30.9 Å². The average Bonchev–Trinajstić information content (AvgIpc) is 3.43. The SMILES string of the molecule is CCN1CCN(c2ccc(NC(=O)[C@@H]3CCCN3C3=NS(=O)(=O)c4ccccc43)c(C)c2)CC1. The summed E-state index contributed by atoms with van der Waals surface area (Å²) >= 11 is 0. The van der Waals surface area contributed by atoms with E-state index in [1.165, 1.54) is 5.69 Å². The van der Waals surface area contributed by atoms with E-state index in [-0.39, 0.29) is 10.8 Å². The molecule has 2 aromatic carbocycles. The first-order valence-electron chi connectivity index (χ1n) is 12.0. The first-order chi connectivity index (χ1) is 16.4. The number of sulfonamides is 1. The monoisotopic (exact) mass is 481 g/mol. The minimum Gasteiger partial charge on any atom is -0.369 e. The summed E-state index contributed by atoms with van der Waals surface area (Å²) in [6.45, 7) is 10.0. The molecule has 0 spiro atoms. The minimum atomic E-state index is -3.72. The van der Waals surface area contributed by atoms with Gasteiger partial charge in [0.05, 0.1) is 0 Å². The van der Waals surface area contributed by atoms with Crippen LogP contribution in [0, 0.1) is 6.92 Å². The summed E-state index contributed by atoms with van der Waals surface area (Å²) in [7, 11) is -3.72. The van der Waals surface area contributed by atoms with Gasteiger partial charge in [0.25, 0.3) is 10.0 Å². The summed E-state index contributed by atoms with van der Waals surface area (Å²) < 4.78 is 29.0. The molecule has 1 amide bonds. The number of anilines is 2. The molecule has 9 heteroatoms. The zero-order chi connectivity index (χ0) is 23.9. The highest BCUT2D eigenvalue weighted by atomic mass is 32.2. The number of hydrogen-bond donors (Lipinski definition) is 1. The number of carbonyl (C=O) groups is 1. The van der Waals surface area contributed by atoms with E-state index < -0.39 is 16.1 Å². The lowest BCUT2D eigenvalue weighted by atomic mass is 10.1. The van der Waals surface area contributed by atoms with Gasteiger partial charge in [-0.25, -0.2) is 0 Å². The number of fused-ring (bicyclic) bond motifs is 1. The highest BCUT2D eigenvalue weighted by Gasteiger charge is 2.39. The summed E-state index contributed by atoms with van der Waals surface area (Å²) in [6, 6.07) is 12.5. The van der Waals surface area contributed by atoms with E-state index in [0.717, 1.165) is 50.4 Å². The number of piperazine rings is 1. The number of hydrogen-bond acceptors (Lipinski definition) is 6. The first-order valence-corrected chi connectivity index (χ1v) is 13.4. The number of nitrogens with one attached hydrogen (secondary N) is 1. The molecule has 1 atom stereocenters. The molecule has 0 saturated carbocycles. The molecule has 0 bridgehead atoms. The molecule has 0 aromatic heterocycles. The van der Waals surface area contributed by atoms with Gasteiger partial charge in [-0.3, -0.25) is 4.79 Å². The molecule has 3 heterocycles. The van der Waals surface area contributed by atoms with Gasteiger partial charge in [-0.05, 0) is 62.2 Å². The van der Waals surface area contributed by atoms with Crippen molar-refractivity contribution >= 4 is 33.1 Å². The van der Waals surface area contributed by atoms with Crippen LogP contribution >= 0.6 is 0 Å². The number of carbonyl (C=O) groups excluding carboxylic acids is 1. The van der Waals surface area contributed by atoms with Crippen molar-refractivity contribution in [1.82, 2.24) is 9.80 Å². The van der Waals surface area contributed by atoms with Gasteiger partial charge < -0.3 is 20.0 Å². The largest absolute Gasteiger partial charge is 0.369 e. The van der Waals surface area contributed by atoms with Crippen molar-refractivity contribution in [1.29, 1.82) is 0 Å². The molecule has 180 valence electrons. The number of likely N-dealkylation sites (N-methyl/N-ethyl adjacent to an activating group) is 1. The summed E-state index contributed by atoms with van der Waals surface area (Å²) in [6.07, 6.45) is 1.47. The zero-order valence-electron chi connectivity index (χ0n) is 19.7. The van der Waals surface area contributed by atoms with E-state index in [4.69, 9.17) is 0 Å². The Kier molecular flexibility index (Phi) is 6.07. The van der Waals surface area contributed by atoms with Gasteiger partial charge in [0.2, 0.25) is 5.91 Å². The Hall–Kier alpha value is -2.91. The Labute approximate surface area is 201 Å². The van der Waals surface area contributed by atoms with Crippen molar-refractivity contribution in [2.75, 3.05) is 49.5 Å². The molecule has 0 radical (unpaired) electrons. The number of nitrogens with zero attached hydrogens (tertiary/aromatic N) is 4. The Bertz CT molecular complexity index is 1230. The normalized spacial score (nSPS) is 21.9. The number of benzene rings is 2. The maximum Gasteiger partial charge on any atom is 0.285 e.